The molecule has 0 amide bonds. The molecule has 1 aromatic heterocycles. The van der Waals surface area contributed by atoms with Gasteiger partial charge in [-0.25, -0.2) is 14.4 Å². The maximum Gasteiger partial charge on any atom is 0.222 e. The van der Waals surface area contributed by atoms with Gasteiger partial charge in [0.25, 0.3) is 0 Å². The van der Waals surface area contributed by atoms with E-state index < -0.39 is 11.9 Å². The van der Waals surface area contributed by atoms with Crippen LogP contribution in [0.4, 0.5) is 10.3 Å². The van der Waals surface area contributed by atoms with Crippen LogP contribution in [0.15, 0.2) is 41.1 Å². The molecule has 1 aromatic carbocycles. The number of nitrogens with one attached hydrogen (secondary N) is 1. The second kappa shape index (κ2) is 5.88. The number of nitrogens with zero attached hydrogens (tertiary/aromatic N) is 2. The Balaban J connectivity index is 1.98. The van der Waals surface area contributed by atoms with Crippen molar-refractivity contribution in [2.24, 2.45) is 0 Å². The van der Waals surface area contributed by atoms with E-state index in [1.54, 1.807) is 30.6 Å². The molecular formula is C12H11BrFN3O. The smallest absolute Gasteiger partial charge is 0.222 e. The number of rotatable bonds is 4. The van der Waals surface area contributed by atoms with Gasteiger partial charge in [0, 0.05) is 24.5 Å². The van der Waals surface area contributed by atoms with Gasteiger partial charge in [-0.15, -0.1) is 0 Å². The van der Waals surface area contributed by atoms with Crippen LogP contribution in [0.1, 0.15) is 11.7 Å². The minimum atomic E-state index is -0.946. The number of halogens is 2. The van der Waals surface area contributed by atoms with Gasteiger partial charge in [0.15, 0.2) is 0 Å². The number of aromatic nitrogens is 2. The first kappa shape index (κ1) is 12.9. The predicted octanol–water partition coefficient (Wildman–Crippen LogP) is 2.52. The monoisotopic (exact) mass is 311 g/mol. The Bertz CT molecular complexity index is 521. The van der Waals surface area contributed by atoms with Crippen molar-refractivity contribution in [3.63, 3.8) is 0 Å². The summed E-state index contributed by atoms with van der Waals surface area (Å²) >= 11 is 3.22. The van der Waals surface area contributed by atoms with Gasteiger partial charge in [-0.1, -0.05) is 18.2 Å². The molecule has 0 aliphatic carbocycles. The van der Waals surface area contributed by atoms with E-state index in [-0.39, 0.29) is 12.1 Å². The zero-order valence-electron chi connectivity index (χ0n) is 9.35. The number of benzene rings is 1. The number of aliphatic hydroxyl groups is 1. The Hall–Kier alpha value is -1.53. The van der Waals surface area contributed by atoms with E-state index in [0.29, 0.717) is 5.95 Å². The Morgan fingerprint density at radius 2 is 1.94 bits per heavy atom. The number of anilines is 1. The highest BCUT2D eigenvalue weighted by Gasteiger charge is 2.12. The number of hydrogen-bond acceptors (Lipinski definition) is 4. The minimum absolute atomic E-state index is 0.141. The fraction of sp³-hybridized carbons (Fsp3) is 0.167. The van der Waals surface area contributed by atoms with Crippen LogP contribution in [0.3, 0.4) is 0 Å². The molecule has 0 radical (unpaired) electrons. The van der Waals surface area contributed by atoms with E-state index in [9.17, 15) is 9.50 Å². The Kier molecular flexibility index (Phi) is 4.22. The Morgan fingerprint density at radius 1 is 1.28 bits per heavy atom. The molecule has 4 nitrogen and oxygen atoms in total. The minimum Gasteiger partial charge on any atom is -0.386 e. The van der Waals surface area contributed by atoms with Crippen molar-refractivity contribution in [3.05, 3.63) is 52.5 Å². The molecule has 1 atom stereocenters. The fourth-order valence-corrected chi connectivity index (χ4v) is 1.65. The van der Waals surface area contributed by atoms with Crippen LogP contribution in [0, 0.1) is 5.82 Å². The molecule has 0 aliphatic rings. The van der Waals surface area contributed by atoms with E-state index in [4.69, 9.17) is 0 Å². The second-order valence-electron chi connectivity index (χ2n) is 3.64. The molecule has 0 aliphatic heterocycles. The summed E-state index contributed by atoms with van der Waals surface area (Å²) in [5.41, 5.74) is 0.252. The number of aliphatic hydroxyl groups excluding tert-OH is 1. The third-order valence-corrected chi connectivity index (χ3v) is 2.75. The fourth-order valence-electron chi connectivity index (χ4n) is 1.45. The summed E-state index contributed by atoms with van der Waals surface area (Å²) in [7, 11) is 0. The van der Waals surface area contributed by atoms with Crippen molar-refractivity contribution in [1.82, 2.24) is 9.97 Å². The van der Waals surface area contributed by atoms with Crippen molar-refractivity contribution >= 4 is 21.9 Å². The van der Waals surface area contributed by atoms with Crippen molar-refractivity contribution in [2.45, 2.75) is 6.10 Å². The summed E-state index contributed by atoms with van der Waals surface area (Å²) in [5.74, 6) is -0.0443. The Morgan fingerprint density at radius 3 is 2.61 bits per heavy atom. The lowest BCUT2D eigenvalue weighted by atomic mass is 10.1. The first-order valence-electron chi connectivity index (χ1n) is 5.30. The highest BCUT2D eigenvalue weighted by Crippen LogP contribution is 2.16. The molecule has 0 fully saturated rings. The first-order chi connectivity index (χ1) is 8.66. The molecule has 1 unspecified atom stereocenters. The van der Waals surface area contributed by atoms with E-state index >= 15 is 0 Å². The largest absolute Gasteiger partial charge is 0.386 e. The zero-order valence-corrected chi connectivity index (χ0v) is 10.9. The van der Waals surface area contributed by atoms with Gasteiger partial charge in [-0.3, -0.25) is 0 Å². The maximum atomic E-state index is 13.4. The van der Waals surface area contributed by atoms with E-state index in [2.05, 4.69) is 31.2 Å². The summed E-state index contributed by atoms with van der Waals surface area (Å²) in [5, 5.41) is 12.7. The van der Waals surface area contributed by atoms with Gasteiger partial charge >= 0.3 is 0 Å². The first-order valence-corrected chi connectivity index (χ1v) is 6.10. The lowest BCUT2D eigenvalue weighted by molar-refractivity contribution is 0.186. The third kappa shape index (κ3) is 3.24. The summed E-state index contributed by atoms with van der Waals surface area (Å²) < 4.78 is 14.2. The third-order valence-electron chi connectivity index (χ3n) is 2.34. The highest BCUT2D eigenvalue weighted by molar-refractivity contribution is 9.10. The van der Waals surface area contributed by atoms with Crippen molar-refractivity contribution in [1.29, 1.82) is 0 Å². The van der Waals surface area contributed by atoms with Crippen LogP contribution in [-0.4, -0.2) is 21.6 Å². The summed E-state index contributed by atoms with van der Waals surface area (Å²) in [6.45, 7) is 0.141. The van der Waals surface area contributed by atoms with E-state index in [1.165, 1.54) is 6.07 Å². The van der Waals surface area contributed by atoms with Crippen molar-refractivity contribution in [2.75, 3.05) is 11.9 Å². The zero-order chi connectivity index (χ0) is 13.0. The van der Waals surface area contributed by atoms with E-state index in [1.807, 2.05) is 0 Å². The van der Waals surface area contributed by atoms with Crippen LogP contribution < -0.4 is 5.32 Å². The predicted molar refractivity (Wildman–Crippen MR) is 69.6 cm³/mol. The van der Waals surface area contributed by atoms with E-state index in [0.717, 1.165) is 4.47 Å². The quantitative estimate of drug-likeness (QED) is 0.911. The summed E-state index contributed by atoms with van der Waals surface area (Å²) in [4.78, 5) is 7.98. The van der Waals surface area contributed by atoms with Crippen LogP contribution in [-0.2, 0) is 0 Å². The molecule has 2 aromatic rings. The molecule has 2 rings (SSSR count). The molecule has 94 valence electrons. The standard InChI is InChI=1S/C12H11BrFN3O/c13-8-5-15-12(16-6-8)17-7-11(18)9-3-1-2-4-10(9)14/h1-6,11,18H,7H2,(H,15,16,17). The lowest BCUT2D eigenvalue weighted by Gasteiger charge is -2.12. The van der Waals surface area contributed by atoms with Crippen LogP contribution in [0.2, 0.25) is 0 Å². The molecular weight excluding hydrogens is 301 g/mol. The van der Waals surface area contributed by atoms with Gasteiger partial charge in [0.1, 0.15) is 5.82 Å². The molecule has 2 N–H and O–H groups in total. The molecule has 18 heavy (non-hydrogen) atoms. The summed E-state index contributed by atoms with van der Waals surface area (Å²) in [6.07, 6.45) is 2.23. The second-order valence-corrected chi connectivity index (χ2v) is 4.56. The van der Waals surface area contributed by atoms with Crippen molar-refractivity contribution < 1.29 is 9.50 Å². The molecule has 0 bridgehead atoms. The number of hydrogen-bond donors (Lipinski definition) is 2. The van der Waals surface area contributed by atoms with Gasteiger partial charge in [0.2, 0.25) is 5.95 Å². The van der Waals surface area contributed by atoms with Gasteiger partial charge < -0.3 is 10.4 Å². The normalized spacial score (nSPS) is 12.2. The summed E-state index contributed by atoms with van der Waals surface area (Å²) in [6, 6.07) is 6.12. The van der Waals surface area contributed by atoms with Gasteiger partial charge in [-0.05, 0) is 22.0 Å². The lowest BCUT2D eigenvalue weighted by Crippen LogP contribution is -2.14. The van der Waals surface area contributed by atoms with Crippen LogP contribution in [0.25, 0.3) is 0 Å². The average Bonchev–Trinajstić information content (AvgIpc) is 2.38. The molecule has 0 spiro atoms. The maximum absolute atomic E-state index is 13.4. The molecule has 6 heteroatoms. The highest BCUT2D eigenvalue weighted by atomic mass is 79.9. The van der Waals surface area contributed by atoms with Crippen LogP contribution >= 0.6 is 15.9 Å². The van der Waals surface area contributed by atoms with Crippen molar-refractivity contribution in [3.8, 4) is 0 Å². The topological polar surface area (TPSA) is 58.0 Å². The molecule has 1 heterocycles. The average molecular weight is 312 g/mol. The Labute approximate surface area is 112 Å². The van der Waals surface area contributed by atoms with Crippen LogP contribution in [0.5, 0.6) is 0 Å². The SMILES string of the molecule is OC(CNc1ncc(Br)cn1)c1ccccc1F. The van der Waals surface area contributed by atoms with Gasteiger partial charge in [0.05, 0.1) is 10.6 Å². The molecule has 0 saturated heterocycles. The molecule has 0 saturated carbocycles. The van der Waals surface area contributed by atoms with Gasteiger partial charge in [-0.2, -0.15) is 0 Å².